The monoisotopic (exact) mass is 266 g/mol. The van der Waals surface area contributed by atoms with E-state index in [0.29, 0.717) is 11.4 Å². The molecule has 0 fully saturated rings. The third-order valence-corrected chi connectivity index (χ3v) is 1.90. The number of aromatic nitrogens is 2. The highest BCUT2D eigenvalue weighted by Gasteiger charge is 2.18. The van der Waals surface area contributed by atoms with Crippen molar-refractivity contribution in [2.24, 2.45) is 0 Å². The van der Waals surface area contributed by atoms with Crippen LogP contribution in [0, 0.1) is 13.8 Å². The Bertz CT molecular complexity index is 495. The van der Waals surface area contributed by atoms with E-state index in [1.807, 2.05) is 5.32 Å². The number of nitrogens with zero attached hydrogens (tertiary/aromatic N) is 2. The van der Waals surface area contributed by atoms with Gasteiger partial charge in [0.25, 0.3) is 0 Å². The van der Waals surface area contributed by atoms with Crippen molar-refractivity contribution >= 4 is 23.9 Å². The van der Waals surface area contributed by atoms with Gasteiger partial charge in [-0.15, -0.1) is 0 Å². The highest BCUT2D eigenvalue weighted by Crippen LogP contribution is 2.03. The minimum Gasteiger partial charge on any atom is -0.459 e. The van der Waals surface area contributed by atoms with Crippen LogP contribution in [-0.4, -0.2) is 34.5 Å². The van der Waals surface area contributed by atoms with Crippen molar-refractivity contribution in [2.75, 3.05) is 11.9 Å². The molecule has 0 radical (unpaired) electrons. The second-order valence-corrected chi connectivity index (χ2v) is 3.60. The molecular weight excluding hydrogens is 252 g/mol. The van der Waals surface area contributed by atoms with Gasteiger partial charge in [-0.05, 0) is 26.8 Å². The lowest BCUT2D eigenvalue weighted by Crippen LogP contribution is -2.40. The molecular formula is C11H14N4O4. The largest absolute Gasteiger partial charge is 0.459 e. The predicted molar refractivity (Wildman–Crippen MR) is 65.3 cm³/mol. The molecule has 1 rings (SSSR count). The lowest BCUT2D eigenvalue weighted by molar-refractivity contribution is -0.154. The van der Waals surface area contributed by atoms with Gasteiger partial charge in [0.15, 0.2) is 0 Å². The van der Waals surface area contributed by atoms with Crippen LogP contribution in [0.5, 0.6) is 0 Å². The van der Waals surface area contributed by atoms with Crippen molar-refractivity contribution in [2.45, 2.75) is 20.8 Å². The van der Waals surface area contributed by atoms with E-state index in [1.54, 1.807) is 26.8 Å². The molecule has 102 valence electrons. The molecule has 8 nitrogen and oxygen atoms in total. The Morgan fingerprint density at radius 2 is 1.79 bits per heavy atom. The summed E-state index contributed by atoms with van der Waals surface area (Å²) in [5.74, 6) is -2.23. The third kappa shape index (κ3) is 4.70. The first-order valence-electron chi connectivity index (χ1n) is 5.53. The fourth-order valence-corrected chi connectivity index (χ4v) is 1.27. The summed E-state index contributed by atoms with van der Waals surface area (Å²) in [4.78, 5) is 41.5. The Morgan fingerprint density at radius 1 is 1.21 bits per heavy atom. The second-order valence-electron chi connectivity index (χ2n) is 3.60. The van der Waals surface area contributed by atoms with Gasteiger partial charge in [0.2, 0.25) is 5.95 Å². The van der Waals surface area contributed by atoms with E-state index in [1.165, 1.54) is 0 Å². The van der Waals surface area contributed by atoms with Gasteiger partial charge in [0, 0.05) is 11.4 Å². The third-order valence-electron chi connectivity index (χ3n) is 1.90. The molecule has 1 aromatic heterocycles. The van der Waals surface area contributed by atoms with Crippen LogP contribution in [0.1, 0.15) is 18.3 Å². The number of carbonyl (C=O) groups is 3. The van der Waals surface area contributed by atoms with Crippen molar-refractivity contribution in [3.63, 3.8) is 0 Å². The number of hydrogen-bond acceptors (Lipinski definition) is 6. The van der Waals surface area contributed by atoms with Gasteiger partial charge >= 0.3 is 17.9 Å². The number of hydrogen-bond donors (Lipinski definition) is 2. The standard InChI is InChI=1S/C11H14N4O4/c1-4-19-9(17)8(16)14-11(18)15-10-12-6(2)5-7(3)13-10/h5H,4H2,1-3H3,(H2,12,13,14,15,16,18). The number of rotatable bonds is 2. The van der Waals surface area contributed by atoms with Crippen molar-refractivity contribution < 1.29 is 19.1 Å². The maximum absolute atomic E-state index is 11.4. The topological polar surface area (TPSA) is 110 Å². The number of imide groups is 1. The molecule has 3 amide bonds. The van der Waals surface area contributed by atoms with Crippen LogP contribution in [0.4, 0.5) is 10.7 Å². The fourth-order valence-electron chi connectivity index (χ4n) is 1.27. The zero-order chi connectivity index (χ0) is 14.4. The Morgan fingerprint density at radius 3 is 2.32 bits per heavy atom. The average molecular weight is 266 g/mol. The summed E-state index contributed by atoms with van der Waals surface area (Å²) in [6.45, 7) is 5.08. The molecule has 0 saturated heterocycles. The minimum absolute atomic E-state index is 0.0478. The van der Waals surface area contributed by atoms with Crippen LogP contribution in [0.3, 0.4) is 0 Å². The summed E-state index contributed by atoms with van der Waals surface area (Å²) >= 11 is 0. The first kappa shape index (κ1) is 14.6. The summed E-state index contributed by atoms with van der Waals surface area (Å²) < 4.78 is 4.43. The summed E-state index contributed by atoms with van der Waals surface area (Å²) in [6.07, 6.45) is 0. The maximum Gasteiger partial charge on any atom is 0.397 e. The normalized spacial score (nSPS) is 9.63. The zero-order valence-electron chi connectivity index (χ0n) is 10.8. The molecule has 1 heterocycles. The number of anilines is 1. The highest BCUT2D eigenvalue weighted by molar-refractivity contribution is 6.35. The predicted octanol–water partition coefficient (Wildman–Crippen LogP) is 0.305. The lowest BCUT2D eigenvalue weighted by atomic mass is 10.4. The molecule has 8 heteroatoms. The Balaban J connectivity index is 2.60. The molecule has 19 heavy (non-hydrogen) atoms. The Hall–Kier alpha value is -2.51. The molecule has 1 aromatic rings. The number of ether oxygens (including phenoxy) is 1. The fraction of sp³-hybridized carbons (Fsp3) is 0.364. The molecule has 0 unspecified atom stereocenters. The number of urea groups is 1. The van der Waals surface area contributed by atoms with Gasteiger partial charge in [-0.2, -0.15) is 0 Å². The average Bonchev–Trinajstić information content (AvgIpc) is 2.27. The van der Waals surface area contributed by atoms with Gasteiger partial charge < -0.3 is 4.74 Å². The molecule has 0 aliphatic heterocycles. The number of esters is 1. The van der Waals surface area contributed by atoms with Crippen LogP contribution in [0.2, 0.25) is 0 Å². The molecule has 0 atom stereocenters. The number of amides is 3. The highest BCUT2D eigenvalue weighted by atomic mass is 16.5. The van der Waals surface area contributed by atoms with E-state index in [-0.39, 0.29) is 12.6 Å². The summed E-state index contributed by atoms with van der Waals surface area (Å²) in [7, 11) is 0. The summed E-state index contributed by atoms with van der Waals surface area (Å²) in [5, 5.41) is 4.06. The molecule has 0 spiro atoms. The number of carbonyl (C=O) groups excluding carboxylic acids is 3. The molecule has 0 aliphatic rings. The van der Waals surface area contributed by atoms with Crippen LogP contribution < -0.4 is 10.6 Å². The SMILES string of the molecule is CCOC(=O)C(=O)NC(=O)Nc1nc(C)cc(C)n1. The first-order valence-corrected chi connectivity index (χ1v) is 5.53. The van der Waals surface area contributed by atoms with E-state index in [2.05, 4.69) is 20.0 Å². The van der Waals surface area contributed by atoms with Gasteiger partial charge in [-0.1, -0.05) is 0 Å². The lowest BCUT2D eigenvalue weighted by Gasteiger charge is -2.06. The summed E-state index contributed by atoms with van der Waals surface area (Å²) in [6, 6.07) is 0.829. The summed E-state index contributed by atoms with van der Waals surface area (Å²) in [5.41, 5.74) is 1.33. The minimum atomic E-state index is -1.15. The van der Waals surface area contributed by atoms with Crippen molar-refractivity contribution in [3.8, 4) is 0 Å². The van der Waals surface area contributed by atoms with Crippen LogP contribution >= 0.6 is 0 Å². The first-order chi connectivity index (χ1) is 8.92. The molecule has 0 bridgehead atoms. The van der Waals surface area contributed by atoms with E-state index in [0.717, 1.165) is 0 Å². The molecule has 0 aliphatic carbocycles. The van der Waals surface area contributed by atoms with Crippen molar-refractivity contribution in [1.82, 2.24) is 15.3 Å². The van der Waals surface area contributed by atoms with E-state index < -0.39 is 17.9 Å². The molecule has 2 N–H and O–H groups in total. The van der Waals surface area contributed by atoms with E-state index in [4.69, 9.17) is 0 Å². The van der Waals surface area contributed by atoms with Gasteiger partial charge in [-0.3, -0.25) is 15.4 Å². The van der Waals surface area contributed by atoms with Crippen molar-refractivity contribution in [3.05, 3.63) is 17.5 Å². The van der Waals surface area contributed by atoms with Crippen LogP contribution in [-0.2, 0) is 14.3 Å². The van der Waals surface area contributed by atoms with Crippen LogP contribution in [0.25, 0.3) is 0 Å². The Labute approximate surface area is 109 Å². The molecule has 0 saturated carbocycles. The zero-order valence-corrected chi connectivity index (χ0v) is 10.8. The molecule has 0 aromatic carbocycles. The second kappa shape index (κ2) is 6.43. The van der Waals surface area contributed by atoms with E-state index >= 15 is 0 Å². The quantitative estimate of drug-likeness (QED) is 0.588. The Kier molecular flexibility index (Phi) is 4.92. The van der Waals surface area contributed by atoms with Crippen LogP contribution in [0.15, 0.2) is 6.07 Å². The number of nitrogens with one attached hydrogen (secondary N) is 2. The smallest absolute Gasteiger partial charge is 0.397 e. The number of aryl methyl sites for hydroxylation is 2. The van der Waals surface area contributed by atoms with E-state index in [9.17, 15) is 14.4 Å². The van der Waals surface area contributed by atoms with Gasteiger partial charge in [-0.25, -0.2) is 19.6 Å². The van der Waals surface area contributed by atoms with Gasteiger partial charge in [0.05, 0.1) is 6.61 Å². The van der Waals surface area contributed by atoms with Gasteiger partial charge in [0.1, 0.15) is 0 Å². The van der Waals surface area contributed by atoms with Crippen molar-refractivity contribution in [1.29, 1.82) is 0 Å². The maximum atomic E-state index is 11.4.